The van der Waals surface area contributed by atoms with Gasteiger partial charge < -0.3 is 14.7 Å². The van der Waals surface area contributed by atoms with Crippen molar-refractivity contribution in [3.8, 4) is 0 Å². The van der Waals surface area contributed by atoms with Gasteiger partial charge in [-0.3, -0.25) is 0 Å². The molecule has 0 saturated carbocycles. The van der Waals surface area contributed by atoms with Crippen LogP contribution in [-0.2, 0) is 16.8 Å². The zero-order valence-corrected chi connectivity index (χ0v) is 13.7. The van der Waals surface area contributed by atoms with Crippen molar-refractivity contribution in [2.75, 3.05) is 24.6 Å². The molecule has 1 aliphatic heterocycles. The van der Waals surface area contributed by atoms with E-state index in [1.807, 2.05) is 12.1 Å². The average molecular weight is 292 g/mol. The minimum absolute atomic E-state index is 0.0246. The second-order valence-electron chi connectivity index (χ2n) is 6.80. The number of rotatable bonds is 5. The summed E-state index contributed by atoms with van der Waals surface area (Å²) >= 11 is 0. The highest BCUT2D eigenvalue weighted by atomic mass is 16.5. The van der Waals surface area contributed by atoms with Crippen LogP contribution in [0.1, 0.15) is 51.8 Å². The lowest BCUT2D eigenvalue weighted by molar-refractivity contribution is 0.115. The number of anilines is 1. The van der Waals surface area contributed by atoms with E-state index in [0.717, 1.165) is 49.6 Å². The second kappa shape index (κ2) is 6.75. The summed E-state index contributed by atoms with van der Waals surface area (Å²) in [5.41, 5.74) is 1.92. The van der Waals surface area contributed by atoms with Crippen molar-refractivity contribution < 1.29 is 9.84 Å². The first kappa shape index (κ1) is 16.2. The predicted octanol–water partition coefficient (Wildman–Crippen LogP) is 2.88. The monoisotopic (exact) mass is 292 g/mol. The molecule has 1 saturated heterocycles. The third-order valence-corrected chi connectivity index (χ3v) is 3.98. The topological polar surface area (TPSA) is 45.6 Å². The molecule has 0 bridgehead atoms. The third-order valence-electron chi connectivity index (χ3n) is 3.98. The summed E-state index contributed by atoms with van der Waals surface area (Å²) in [6.07, 6.45) is 2.59. The number of likely N-dealkylation sites (N-methyl/N-ethyl adjacent to an activating group) is 1. The van der Waals surface area contributed by atoms with Gasteiger partial charge >= 0.3 is 0 Å². The molecule has 0 aliphatic carbocycles. The number of ether oxygens (including phenoxy) is 1. The van der Waals surface area contributed by atoms with Crippen molar-refractivity contribution in [1.29, 1.82) is 0 Å². The van der Waals surface area contributed by atoms with E-state index in [1.54, 1.807) is 0 Å². The molecule has 0 amide bonds. The summed E-state index contributed by atoms with van der Waals surface area (Å²) in [5.74, 6) is 0.949. The lowest BCUT2D eigenvalue weighted by Crippen LogP contribution is -2.33. The van der Waals surface area contributed by atoms with E-state index in [0.29, 0.717) is 6.10 Å². The molecule has 0 aromatic carbocycles. The minimum atomic E-state index is -0.0246. The second-order valence-corrected chi connectivity index (χ2v) is 6.80. The molecule has 118 valence electrons. The Morgan fingerprint density at radius 1 is 1.38 bits per heavy atom. The van der Waals surface area contributed by atoms with Crippen molar-refractivity contribution in [3.05, 3.63) is 23.4 Å². The van der Waals surface area contributed by atoms with Gasteiger partial charge in [-0.1, -0.05) is 20.8 Å². The quantitative estimate of drug-likeness (QED) is 0.906. The van der Waals surface area contributed by atoms with Gasteiger partial charge in [0.2, 0.25) is 0 Å². The molecule has 1 atom stereocenters. The number of nitrogens with zero attached hydrogens (tertiary/aromatic N) is 2. The Morgan fingerprint density at radius 2 is 2.14 bits per heavy atom. The fourth-order valence-corrected chi connectivity index (χ4v) is 2.63. The molecule has 4 heteroatoms. The van der Waals surface area contributed by atoms with Crippen LogP contribution in [0.25, 0.3) is 0 Å². The van der Waals surface area contributed by atoms with Gasteiger partial charge in [-0.05, 0) is 37.5 Å². The third kappa shape index (κ3) is 4.17. The zero-order valence-electron chi connectivity index (χ0n) is 13.7. The maximum Gasteiger partial charge on any atom is 0.129 e. The Hall–Kier alpha value is -1.13. The van der Waals surface area contributed by atoms with Gasteiger partial charge in [0.05, 0.1) is 12.7 Å². The van der Waals surface area contributed by atoms with Gasteiger partial charge in [0, 0.05) is 30.8 Å². The van der Waals surface area contributed by atoms with Gasteiger partial charge in [0.25, 0.3) is 0 Å². The zero-order chi connectivity index (χ0) is 15.5. The molecular formula is C17H28N2O2. The van der Waals surface area contributed by atoms with Gasteiger partial charge in [-0.15, -0.1) is 0 Å². The number of aromatic nitrogens is 1. The highest BCUT2D eigenvalue weighted by molar-refractivity contribution is 5.44. The smallest absolute Gasteiger partial charge is 0.129 e. The van der Waals surface area contributed by atoms with Crippen molar-refractivity contribution >= 4 is 5.82 Å². The van der Waals surface area contributed by atoms with Gasteiger partial charge in [0.1, 0.15) is 5.82 Å². The van der Waals surface area contributed by atoms with E-state index in [4.69, 9.17) is 9.72 Å². The summed E-state index contributed by atoms with van der Waals surface area (Å²) in [6, 6.07) is 4.00. The predicted molar refractivity (Wildman–Crippen MR) is 85.7 cm³/mol. The minimum Gasteiger partial charge on any atom is -0.392 e. The highest BCUT2D eigenvalue weighted by Gasteiger charge is 2.22. The Balaban J connectivity index is 2.26. The summed E-state index contributed by atoms with van der Waals surface area (Å²) in [6.45, 7) is 11.3. The Bertz CT molecular complexity index is 462. The average Bonchev–Trinajstić information content (AvgIpc) is 2.96. The largest absolute Gasteiger partial charge is 0.392 e. The molecule has 1 fully saturated rings. The van der Waals surface area contributed by atoms with E-state index in [2.05, 4.69) is 32.6 Å². The first-order chi connectivity index (χ1) is 9.94. The maximum atomic E-state index is 9.52. The van der Waals surface area contributed by atoms with Crippen LogP contribution in [0.4, 0.5) is 5.82 Å². The van der Waals surface area contributed by atoms with Gasteiger partial charge in [0.15, 0.2) is 0 Å². The van der Waals surface area contributed by atoms with Crippen LogP contribution in [0.5, 0.6) is 0 Å². The summed E-state index contributed by atoms with van der Waals surface area (Å²) in [7, 11) is 0. The lowest BCUT2D eigenvalue weighted by atomic mass is 9.91. The van der Waals surface area contributed by atoms with E-state index in [1.165, 1.54) is 0 Å². The molecule has 2 heterocycles. The van der Waals surface area contributed by atoms with E-state index >= 15 is 0 Å². The molecule has 1 N–H and O–H groups in total. The number of pyridine rings is 1. The first-order valence-electron chi connectivity index (χ1n) is 7.93. The number of aliphatic hydroxyl groups excluding tert-OH is 1. The Morgan fingerprint density at radius 3 is 2.67 bits per heavy atom. The molecule has 1 unspecified atom stereocenters. The number of hydrogen-bond donors (Lipinski definition) is 1. The molecule has 21 heavy (non-hydrogen) atoms. The van der Waals surface area contributed by atoms with Crippen molar-refractivity contribution in [3.63, 3.8) is 0 Å². The van der Waals surface area contributed by atoms with Gasteiger partial charge in [-0.25, -0.2) is 4.98 Å². The molecule has 1 aliphatic rings. The fourth-order valence-electron chi connectivity index (χ4n) is 2.63. The molecule has 0 radical (unpaired) electrons. The van der Waals surface area contributed by atoms with Crippen LogP contribution in [0.2, 0.25) is 0 Å². The van der Waals surface area contributed by atoms with Gasteiger partial charge in [-0.2, -0.15) is 0 Å². The first-order valence-corrected chi connectivity index (χ1v) is 7.93. The van der Waals surface area contributed by atoms with Crippen molar-refractivity contribution in [1.82, 2.24) is 4.98 Å². The van der Waals surface area contributed by atoms with Crippen LogP contribution < -0.4 is 4.90 Å². The molecular weight excluding hydrogens is 264 g/mol. The molecule has 2 rings (SSSR count). The standard InChI is InChI=1S/C17H28N2O2/c1-5-19(11-14-7-6-8-21-14)16-10-13(12-20)9-15(18-16)17(2,3)4/h9-10,14,20H,5-8,11-12H2,1-4H3. The van der Waals surface area contributed by atoms with Crippen LogP contribution in [-0.4, -0.2) is 35.9 Å². The highest BCUT2D eigenvalue weighted by Crippen LogP contribution is 2.26. The normalized spacial score (nSPS) is 19.0. The number of hydrogen-bond acceptors (Lipinski definition) is 4. The van der Waals surface area contributed by atoms with Crippen LogP contribution in [0.15, 0.2) is 12.1 Å². The SMILES string of the molecule is CCN(CC1CCCO1)c1cc(CO)cc(C(C)(C)C)n1. The van der Waals surface area contributed by atoms with Crippen molar-refractivity contribution in [2.24, 2.45) is 0 Å². The van der Waals surface area contributed by atoms with Crippen LogP contribution >= 0.6 is 0 Å². The molecule has 1 aromatic heterocycles. The Labute approximate surface area is 128 Å². The van der Waals surface area contributed by atoms with Crippen molar-refractivity contribution in [2.45, 2.75) is 58.7 Å². The summed E-state index contributed by atoms with van der Waals surface area (Å²) in [4.78, 5) is 7.08. The maximum absolute atomic E-state index is 9.52. The lowest BCUT2D eigenvalue weighted by Gasteiger charge is -2.28. The van der Waals surface area contributed by atoms with E-state index < -0.39 is 0 Å². The van der Waals surface area contributed by atoms with Crippen LogP contribution in [0.3, 0.4) is 0 Å². The summed E-state index contributed by atoms with van der Waals surface area (Å²) < 4.78 is 5.74. The fraction of sp³-hybridized carbons (Fsp3) is 0.706. The molecule has 0 spiro atoms. The van der Waals surface area contributed by atoms with E-state index in [-0.39, 0.29) is 12.0 Å². The summed E-state index contributed by atoms with van der Waals surface area (Å²) in [5, 5.41) is 9.52. The Kier molecular flexibility index (Phi) is 5.22. The number of aliphatic hydroxyl groups is 1. The molecule has 1 aromatic rings. The molecule has 4 nitrogen and oxygen atoms in total. The van der Waals surface area contributed by atoms with E-state index in [9.17, 15) is 5.11 Å². The van der Waals surface area contributed by atoms with Crippen LogP contribution in [0, 0.1) is 0 Å².